The van der Waals surface area contributed by atoms with Crippen LogP contribution in [0.5, 0.6) is 0 Å². The summed E-state index contributed by atoms with van der Waals surface area (Å²) in [6, 6.07) is 31.9. The average Bonchev–Trinajstić information content (AvgIpc) is 3.35. The number of hydrazone groups is 1. The summed E-state index contributed by atoms with van der Waals surface area (Å²) in [4.78, 5) is 2.44. The van der Waals surface area contributed by atoms with E-state index in [9.17, 15) is 0 Å². The summed E-state index contributed by atoms with van der Waals surface area (Å²) in [5.74, 6) is 0. The summed E-state index contributed by atoms with van der Waals surface area (Å²) < 4.78 is 0. The Morgan fingerprint density at radius 3 is 2.27 bits per heavy atom. The predicted molar refractivity (Wildman–Crippen MR) is 128 cm³/mol. The van der Waals surface area contributed by atoms with Gasteiger partial charge in [0.25, 0.3) is 0 Å². The minimum absolute atomic E-state index is 0.999. The van der Waals surface area contributed by atoms with Crippen molar-refractivity contribution < 1.29 is 0 Å². The molecule has 1 saturated heterocycles. The fourth-order valence-corrected chi connectivity index (χ4v) is 4.20. The molecule has 1 heterocycles. The van der Waals surface area contributed by atoms with Gasteiger partial charge in [-0.2, -0.15) is 5.10 Å². The second-order valence-electron chi connectivity index (χ2n) is 7.73. The van der Waals surface area contributed by atoms with E-state index < -0.39 is 0 Å². The van der Waals surface area contributed by atoms with Crippen molar-refractivity contribution in [1.29, 1.82) is 0 Å². The zero-order valence-corrected chi connectivity index (χ0v) is 17.0. The van der Waals surface area contributed by atoms with Crippen molar-refractivity contribution in [2.24, 2.45) is 5.10 Å². The lowest BCUT2D eigenvalue weighted by atomic mass is 9.97. The highest BCUT2D eigenvalue weighted by molar-refractivity contribution is 5.99. The first-order valence-electron chi connectivity index (χ1n) is 10.6. The van der Waals surface area contributed by atoms with E-state index in [0.717, 1.165) is 16.8 Å². The lowest BCUT2D eigenvalue weighted by Gasteiger charge is -2.17. The van der Waals surface area contributed by atoms with Gasteiger partial charge in [0.2, 0.25) is 0 Å². The van der Waals surface area contributed by atoms with Gasteiger partial charge in [-0.1, -0.05) is 72.8 Å². The highest BCUT2D eigenvalue weighted by Gasteiger charge is 2.11. The Morgan fingerprint density at radius 2 is 1.40 bits per heavy atom. The van der Waals surface area contributed by atoms with Crippen LogP contribution in [0.3, 0.4) is 0 Å². The number of hydrogen-bond acceptors (Lipinski definition) is 3. The lowest BCUT2D eigenvalue weighted by molar-refractivity contribution is 0.949. The van der Waals surface area contributed by atoms with Crippen LogP contribution in [-0.4, -0.2) is 19.3 Å². The molecule has 0 atom stereocenters. The Kier molecular flexibility index (Phi) is 5.17. The van der Waals surface area contributed by atoms with E-state index in [1.165, 1.54) is 48.0 Å². The number of benzene rings is 4. The van der Waals surface area contributed by atoms with Crippen LogP contribution in [-0.2, 0) is 0 Å². The van der Waals surface area contributed by atoms with Crippen molar-refractivity contribution >= 4 is 28.4 Å². The van der Waals surface area contributed by atoms with Gasteiger partial charge in [0, 0.05) is 24.3 Å². The van der Waals surface area contributed by atoms with Crippen molar-refractivity contribution in [2.45, 2.75) is 12.8 Å². The summed E-state index contributed by atoms with van der Waals surface area (Å²) >= 11 is 0. The van der Waals surface area contributed by atoms with E-state index in [0.29, 0.717) is 0 Å². The standard InChI is InChI=1S/C27H25N3/c1-2-10-24-22(8-1)9-7-12-25(24)26-11-3-4-13-27(26)29-28-20-21-14-16-23(17-15-21)30-18-5-6-19-30/h1-4,7-17,20,29H,5-6,18-19H2/b28-20+. The second kappa shape index (κ2) is 8.42. The molecule has 0 radical (unpaired) electrons. The molecule has 0 saturated carbocycles. The van der Waals surface area contributed by atoms with Gasteiger partial charge in [-0.3, -0.25) is 5.43 Å². The Labute approximate surface area is 177 Å². The Bertz CT molecular complexity index is 1170. The van der Waals surface area contributed by atoms with Gasteiger partial charge in [-0.05, 0) is 52.9 Å². The van der Waals surface area contributed by atoms with Crippen molar-refractivity contribution in [3.63, 3.8) is 0 Å². The monoisotopic (exact) mass is 391 g/mol. The molecule has 1 aliphatic rings. The fraction of sp³-hybridized carbons (Fsp3) is 0.148. The quantitative estimate of drug-likeness (QED) is 0.308. The van der Waals surface area contributed by atoms with E-state index in [2.05, 4.69) is 100 Å². The number of nitrogens with zero attached hydrogens (tertiary/aromatic N) is 2. The van der Waals surface area contributed by atoms with Gasteiger partial charge in [-0.15, -0.1) is 0 Å². The summed E-state index contributed by atoms with van der Waals surface area (Å²) in [5, 5.41) is 7.00. The Morgan fingerprint density at radius 1 is 0.700 bits per heavy atom. The second-order valence-corrected chi connectivity index (χ2v) is 7.73. The lowest BCUT2D eigenvalue weighted by Crippen LogP contribution is -2.17. The van der Waals surface area contributed by atoms with Crippen LogP contribution in [0.2, 0.25) is 0 Å². The normalized spacial score (nSPS) is 13.9. The number of hydrogen-bond donors (Lipinski definition) is 1. The van der Waals surface area contributed by atoms with Gasteiger partial charge >= 0.3 is 0 Å². The van der Waals surface area contributed by atoms with Crippen molar-refractivity contribution in [3.8, 4) is 11.1 Å². The van der Waals surface area contributed by atoms with E-state index in [1.54, 1.807) is 0 Å². The maximum atomic E-state index is 4.52. The molecule has 1 aliphatic heterocycles. The number of nitrogens with one attached hydrogen (secondary N) is 1. The van der Waals surface area contributed by atoms with Crippen LogP contribution in [0.25, 0.3) is 21.9 Å². The van der Waals surface area contributed by atoms with Crippen LogP contribution >= 0.6 is 0 Å². The first-order chi connectivity index (χ1) is 14.9. The molecule has 0 bridgehead atoms. The highest BCUT2D eigenvalue weighted by atomic mass is 15.3. The molecule has 4 aromatic rings. The van der Waals surface area contributed by atoms with Crippen LogP contribution < -0.4 is 10.3 Å². The van der Waals surface area contributed by atoms with Gasteiger partial charge in [0.15, 0.2) is 0 Å². The molecule has 0 spiro atoms. The molecule has 148 valence electrons. The molecule has 1 fully saturated rings. The smallest absolute Gasteiger partial charge is 0.0640 e. The van der Waals surface area contributed by atoms with Crippen molar-refractivity contribution in [1.82, 2.24) is 0 Å². The molecule has 3 nitrogen and oxygen atoms in total. The molecule has 0 aliphatic carbocycles. The van der Waals surface area contributed by atoms with Crippen molar-refractivity contribution in [3.05, 3.63) is 96.6 Å². The minimum Gasteiger partial charge on any atom is -0.372 e. The number of rotatable bonds is 5. The largest absolute Gasteiger partial charge is 0.372 e. The van der Waals surface area contributed by atoms with Crippen LogP contribution in [0.1, 0.15) is 18.4 Å². The van der Waals surface area contributed by atoms with E-state index in [-0.39, 0.29) is 0 Å². The molecular formula is C27H25N3. The number of anilines is 2. The first-order valence-corrected chi connectivity index (χ1v) is 10.6. The maximum Gasteiger partial charge on any atom is 0.0640 e. The van der Waals surface area contributed by atoms with Gasteiger partial charge in [0.05, 0.1) is 11.9 Å². The molecule has 3 heteroatoms. The van der Waals surface area contributed by atoms with E-state index in [1.807, 2.05) is 12.3 Å². The highest BCUT2D eigenvalue weighted by Crippen LogP contribution is 2.33. The van der Waals surface area contributed by atoms with E-state index >= 15 is 0 Å². The van der Waals surface area contributed by atoms with Crippen LogP contribution in [0.4, 0.5) is 11.4 Å². The van der Waals surface area contributed by atoms with Crippen molar-refractivity contribution in [2.75, 3.05) is 23.4 Å². The predicted octanol–water partition coefficient (Wildman–Crippen LogP) is 6.55. The van der Waals surface area contributed by atoms with Gasteiger partial charge in [-0.25, -0.2) is 0 Å². The molecule has 5 rings (SSSR count). The zero-order chi connectivity index (χ0) is 20.2. The Balaban J connectivity index is 1.37. The minimum atomic E-state index is 0.999. The number of fused-ring (bicyclic) bond motifs is 1. The molecule has 4 aromatic carbocycles. The zero-order valence-electron chi connectivity index (χ0n) is 17.0. The summed E-state index contributed by atoms with van der Waals surface area (Å²) in [6.45, 7) is 2.33. The first kappa shape index (κ1) is 18.4. The summed E-state index contributed by atoms with van der Waals surface area (Å²) in [5.41, 5.74) is 9.01. The van der Waals surface area contributed by atoms with E-state index in [4.69, 9.17) is 0 Å². The average molecular weight is 392 g/mol. The van der Waals surface area contributed by atoms with Crippen LogP contribution in [0, 0.1) is 0 Å². The molecule has 0 aromatic heterocycles. The molecule has 1 N–H and O–H groups in total. The summed E-state index contributed by atoms with van der Waals surface area (Å²) in [7, 11) is 0. The van der Waals surface area contributed by atoms with Gasteiger partial charge < -0.3 is 4.90 Å². The number of para-hydroxylation sites is 1. The van der Waals surface area contributed by atoms with Crippen LogP contribution in [0.15, 0.2) is 96.1 Å². The summed E-state index contributed by atoms with van der Waals surface area (Å²) in [6.07, 6.45) is 4.47. The topological polar surface area (TPSA) is 27.6 Å². The van der Waals surface area contributed by atoms with Gasteiger partial charge in [0.1, 0.15) is 0 Å². The third-order valence-corrected chi connectivity index (χ3v) is 5.77. The molecule has 30 heavy (non-hydrogen) atoms. The fourth-order valence-electron chi connectivity index (χ4n) is 4.20. The SMILES string of the molecule is C(=N\Nc1ccccc1-c1cccc2ccccc12)/c1ccc(N2CCCC2)cc1. The Hall–Kier alpha value is -3.59. The molecule has 0 unspecified atom stereocenters. The molecule has 0 amide bonds. The third-order valence-electron chi connectivity index (χ3n) is 5.77. The molecular weight excluding hydrogens is 366 g/mol. The third kappa shape index (κ3) is 3.79. The maximum absolute atomic E-state index is 4.52.